The van der Waals surface area contributed by atoms with Crippen LogP contribution in [0.2, 0.25) is 0 Å². The molecule has 1 aliphatic heterocycles. The van der Waals surface area contributed by atoms with E-state index in [9.17, 15) is 4.79 Å². The number of Topliss-reactive ketones (excluding diaryl/α,β-unsaturated/α-hetero) is 1. The maximum absolute atomic E-state index is 10.9. The molecule has 0 aromatic carbocycles. The van der Waals surface area contributed by atoms with E-state index in [2.05, 4.69) is 4.74 Å². The lowest BCUT2D eigenvalue weighted by atomic mass is 10.1. The molecule has 0 fully saturated rings. The van der Waals surface area contributed by atoms with Crippen LogP contribution in [0.1, 0.15) is 6.92 Å². The van der Waals surface area contributed by atoms with Crippen molar-refractivity contribution in [1.29, 1.82) is 0 Å². The standard InChI is InChI=1S/C6H9NO4/c1-2(8)5-3(9)4(10)6(7)11-5/h2,5,8,10H,7H2,1H3/t2-,5+/m0/s1. The molecule has 2 atom stereocenters. The Kier molecular flexibility index (Phi) is 1.74. The Balaban J connectivity index is 2.79. The molecule has 0 amide bonds. The number of ketones is 1. The zero-order valence-corrected chi connectivity index (χ0v) is 5.94. The van der Waals surface area contributed by atoms with Gasteiger partial charge in [-0.15, -0.1) is 0 Å². The fourth-order valence-corrected chi connectivity index (χ4v) is 0.820. The summed E-state index contributed by atoms with van der Waals surface area (Å²) < 4.78 is 4.66. The summed E-state index contributed by atoms with van der Waals surface area (Å²) in [7, 11) is 0. The van der Waals surface area contributed by atoms with Gasteiger partial charge in [0.15, 0.2) is 6.10 Å². The van der Waals surface area contributed by atoms with Crippen LogP contribution < -0.4 is 5.73 Å². The minimum absolute atomic E-state index is 0.319. The van der Waals surface area contributed by atoms with E-state index in [0.717, 1.165) is 0 Å². The summed E-state index contributed by atoms with van der Waals surface area (Å²) in [6, 6.07) is 0. The molecule has 0 bridgehead atoms. The first-order valence-corrected chi connectivity index (χ1v) is 3.11. The van der Waals surface area contributed by atoms with E-state index in [-0.39, 0.29) is 5.88 Å². The summed E-state index contributed by atoms with van der Waals surface area (Å²) >= 11 is 0. The molecule has 11 heavy (non-hydrogen) atoms. The van der Waals surface area contributed by atoms with Crippen molar-refractivity contribution in [3.8, 4) is 0 Å². The first kappa shape index (κ1) is 7.87. The van der Waals surface area contributed by atoms with Gasteiger partial charge < -0.3 is 20.7 Å². The van der Waals surface area contributed by atoms with E-state index >= 15 is 0 Å². The first-order valence-electron chi connectivity index (χ1n) is 3.11. The van der Waals surface area contributed by atoms with Gasteiger partial charge in [0.25, 0.3) is 0 Å². The molecule has 0 aliphatic carbocycles. The van der Waals surface area contributed by atoms with Crippen molar-refractivity contribution < 1.29 is 19.7 Å². The molecule has 0 aromatic heterocycles. The third-order valence-corrected chi connectivity index (χ3v) is 1.42. The summed E-state index contributed by atoms with van der Waals surface area (Å²) in [6.07, 6.45) is -2.01. The minimum atomic E-state index is -1.05. The van der Waals surface area contributed by atoms with Crippen LogP contribution in [0.5, 0.6) is 0 Å². The molecule has 5 nitrogen and oxygen atoms in total. The smallest absolute Gasteiger partial charge is 0.245 e. The van der Waals surface area contributed by atoms with E-state index < -0.39 is 23.8 Å². The number of ether oxygens (including phenoxy) is 1. The maximum atomic E-state index is 10.9. The van der Waals surface area contributed by atoms with Gasteiger partial charge in [-0.25, -0.2) is 0 Å². The van der Waals surface area contributed by atoms with Gasteiger partial charge in [-0.3, -0.25) is 4.79 Å². The van der Waals surface area contributed by atoms with Crippen molar-refractivity contribution >= 4 is 5.78 Å². The highest BCUT2D eigenvalue weighted by molar-refractivity contribution is 5.99. The highest BCUT2D eigenvalue weighted by Gasteiger charge is 2.37. The number of rotatable bonds is 1. The highest BCUT2D eigenvalue weighted by atomic mass is 16.5. The summed E-state index contributed by atoms with van der Waals surface area (Å²) in [4.78, 5) is 10.9. The number of aliphatic hydroxyl groups is 2. The summed E-state index contributed by atoms with van der Waals surface area (Å²) in [5.74, 6) is -1.59. The van der Waals surface area contributed by atoms with Crippen LogP contribution in [0, 0.1) is 0 Å². The summed E-state index contributed by atoms with van der Waals surface area (Å²) in [6.45, 7) is 1.38. The molecule has 1 rings (SSSR count). The molecular weight excluding hydrogens is 150 g/mol. The van der Waals surface area contributed by atoms with Crippen molar-refractivity contribution in [2.75, 3.05) is 0 Å². The molecule has 0 unspecified atom stereocenters. The van der Waals surface area contributed by atoms with Gasteiger partial charge >= 0.3 is 0 Å². The lowest BCUT2D eigenvalue weighted by Gasteiger charge is -2.11. The van der Waals surface area contributed by atoms with Crippen LogP contribution in [-0.4, -0.2) is 28.2 Å². The molecule has 0 radical (unpaired) electrons. The monoisotopic (exact) mass is 159 g/mol. The highest BCUT2D eigenvalue weighted by Crippen LogP contribution is 2.18. The number of aliphatic hydroxyl groups excluding tert-OH is 2. The Labute approximate surface area is 63.1 Å². The zero-order valence-electron chi connectivity index (χ0n) is 5.94. The third kappa shape index (κ3) is 1.14. The van der Waals surface area contributed by atoms with Crippen LogP contribution in [0.25, 0.3) is 0 Å². The van der Waals surface area contributed by atoms with E-state index in [1.54, 1.807) is 0 Å². The fourth-order valence-electron chi connectivity index (χ4n) is 0.820. The minimum Gasteiger partial charge on any atom is -0.501 e. The molecule has 4 N–H and O–H groups in total. The number of carbonyl (C=O) groups is 1. The maximum Gasteiger partial charge on any atom is 0.245 e. The number of hydrogen-bond acceptors (Lipinski definition) is 5. The van der Waals surface area contributed by atoms with Crippen molar-refractivity contribution in [2.45, 2.75) is 19.1 Å². The quantitative estimate of drug-likeness (QED) is 0.457. The molecule has 0 aromatic rings. The molecule has 62 valence electrons. The Morgan fingerprint density at radius 2 is 2.27 bits per heavy atom. The number of carbonyl (C=O) groups excluding carboxylic acids is 1. The Hall–Kier alpha value is -1.23. The second-order valence-corrected chi connectivity index (χ2v) is 2.36. The third-order valence-electron chi connectivity index (χ3n) is 1.42. The lowest BCUT2D eigenvalue weighted by molar-refractivity contribution is -0.127. The summed E-state index contributed by atoms with van der Waals surface area (Å²) in [5.41, 5.74) is 5.07. The Bertz CT molecular complexity index is 221. The lowest BCUT2D eigenvalue weighted by Crippen LogP contribution is -2.30. The van der Waals surface area contributed by atoms with Gasteiger partial charge in [0.1, 0.15) is 0 Å². The normalized spacial score (nSPS) is 27.1. The second-order valence-electron chi connectivity index (χ2n) is 2.36. The first-order chi connectivity index (χ1) is 5.04. The van der Waals surface area contributed by atoms with Crippen LogP contribution in [-0.2, 0) is 9.53 Å². The van der Waals surface area contributed by atoms with Crippen molar-refractivity contribution in [3.63, 3.8) is 0 Å². The van der Waals surface area contributed by atoms with Gasteiger partial charge in [0, 0.05) is 0 Å². The predicted molar refractivity (Wildman–Crippen MR) is 35.4 cm³/mol. The zero-order chi connectivity index (χ0) is 8.59. The number of hydrogen-bond donors (Lipinski definition) is 3. The van der Waals surface area contributed by atoms with Crippen molar-refractivity contribution in [3.05, 3.63) is 11.6 Å². The second kappa shape index (κ2) is 2.43. The molecule has 0 saturated heterocycles. The van der Waals surface area contributed by atoms with Crippen LogP contribution in [0.3, 0.4) is 0 Å². The molecular formula is C6H9NO4. The SMILES string of the molecule is C[C@H](O)[C@H]1OC(N)=C(O)C1=O. The fraction of sp³-hybridized carbons (Fsp3) is 0.500. The van der Waals surface area contributed by atoms with Gasteiger partial charge in [0.05, 0.1) is 6.10 Å². The van der Waals surface area contributed by atoms with Crippen molar-refractivity contribution in [2.24, 2.45) is 5.73 Å². The van der Waals surface area contributed by atoms with E-state index in [0.29, 0.717) is 0 Å². The topological polar surface area (TPSA) is 92.8 Å². The van der Waals surface area contributed by atoms with Gasteiger partial charge in [-0.1, -0.05) is 0 Å². The predicted octanol–water partition coefficient (Wildman–Crippen LogP) is -0.979. The number of nitrogens with two attached hydrogens (primary N) is 1. The molecule has 1 heterocycles. The van der Waals surface area contributed by atoms with E-state index in [4.69, 9.17) is 15.9 Å². The molecule has 1 aliphatic rings. The molecule has 0 spiro atoms. The summed E-state index contributed by atoms with van der Waals surface area (Å²) in [5, 5.41) is 17.8. The molecule has 0 saturated carbocycles. The van der Waals surface area contributed by atoms with Crippen LogP contribution in [0.4, 0.5) is 0 Å². The van der Waals surface area contributed by atoms with Gasteiger partial charge in [-0.05, 0) is 6.92 Å². The van der Waals surface area contributed by atoms with Gasteiger partial charge in [-0.2, -0.15) is 0 Å². The Morgan fingerprint density at radius 1 is 1.73 bits per heavy atom. The van der Waals surface area contributed by atoms with Crippen molar-refractivity contribution in [1.82, 2.24) is 0 Å². The van der Waals surface area contributed by atoms with Crippen LogP contribution in [0.15, 0.2) is 11.6 Å². The Morgan fingerprint density at radius 3 is 2.45 bits per heavy atom. The van der Waals surface area contributed by atoms with E-state index in [1.807, 2.05) is 0 Å². The van der Waals surface area contributed by atoms with Gasteiger partial charge in [0.2, 0.25) is 17.4 Å². The van der Waals surface area contributed by atoms with Crippen LogP contribution >= 0.6 is 0 Å². The van der Waals surface area contributed by atoms with E-state index in [1.165, 1.54) is 6.92 Å². The average molecular weight is 159 g/mol. The molecule has 5 heteroatoms. The largest absolute Gasteiger partial charge is 0.501 e. The average Bonchev–Trinajstić information content (AvgIpc) is 2.17.